The monoisotopic (exact) mass is 541 g/mol. The summed E-state index contributed by atoms with van der Waals surface area (Å²) in [6.07, 6.45) is 2.24. The number of nitrogens with one attached hydrogen (secondary N) is 1. The van der Waals surface area contributed by atoms with Crippen molar-refractivity contribution < 1.29 is 26.7 Å². The van der Waals surface area contributed by atoms with Gasteiger partial charge in [-0.3, -0.25) is 9.29 Å². The van der Waals surface area contributed by atoms with Crippen molar-refractivity contribution in [1.29, 1.82) is 5.26 Å². The average Bonchev–Trinajstić information content (AvgIpc) is 3.52. The number of furan rings is 1. The summed E-state index contributed by atoms with van der Waals surface area (Å²) in [5, 5.41) is 15.4. The first-order chi connectivity index (χ1) is 18.0. The van der Waals surface area contributed by atoms with Crippen LogP contribution in [0.2, 0.25) is 0 Å². The van der Waals surface area contributed by atoms with E-state index in [1.807, 2.05) is 6.07 Å². The van der Waals surface area contributed by atoms with Gasteiger partial charge in [-0.2, -0.15) is 5.26 Å². The van der Waals surface area contributed by atoms with Crippen LogP contribution in [0, 0.1) is 18.3 Å². The van der Waals surface area contributed by atoms with Crippen LogP contribution in [0.15, 0.2) is 47.1 Å². The Morgan fingerprint density at radius 1 is 1.13 bits per heavy atom. The number of nitrogens with zero attached hydrogens (tertiary/aromatic N) is 6. The molecule has 1 N–H and O–H groups in total. The van der Waals surface area contributed by atoms with Crippen LogP contribution in [-0.2, 0) is 15.7 Å². The van der Waals surface area contributed by atoms with Gasteiger partial charge in [-0.25, -0.2) is 22.8 Å². The Morgan fingerprint density at radius 3 is 2.29 bits per heavy atom. The standard InChI is InChI=1S/C24H24FN7O5S/c1-14-9-10-19(37-14)21-29-30-23(32(21)20-17(35-4)7-6-8-18(20)36-5)31-38(33,34)15(2)24(3,25)22-27-12-16(11-26)13-28-22/h6-10,12-13,15H,1-5H3,(H,30,31)/t15-,24+/m1/s1. The first kappa shape index (κ1) is 26.6. The van der Waals surface area contributed by atoms with E-state index in [2.05, 4.69) is 24.9 Å². The number of methoxy groups -OCH3 is 2. The number of benzene rings is 1. The molecule has 4 aromatic rings. The predicted molar refractivity (Wildman–Crippen MR) is 134 cm³/mol. The Balaban J connectivity index is 1.83. The number of anilines is 1. The summed E-state index contributed by atoms with van der Waals surface area (Å²) in [5.74, 6) is 1.02. The van der Waals surface area contributed by atoms with Crippen LogP contribution in [-0.4, -0.2) is 52.6 Å². The van der Waals surface area contributed by atoms with Crippen LogP contribution >= 0.6 is 0 Å². The van der Waals surface area contributed by atoms with Crippen molar-refractivity contribution in [2.45, 2.75) is 31.7 Å². The molecule has 38 heavy (non-hydrogen) atoms. The lowest BCUT2D eigenvalue weighted by atomic mass is 10.0. The second kappa shape index (κ2) is 10.1. The van der Waals surface area contributed by atoms with Gasteiger partial charge in [-0.05, 0) is 45.0 Å². The van der Waals surface area contributed by atoms with Crippen LogP contribution in [0.5, 0.6) is 11.5 Å². The minimum Gasteiger partial charge on any atom is -0.494 e. The third-order valence-corrected chi connectivity index (χ3v) is 7.77. The Hall–Kier alpha value is -4.51. The Labute approximate surface area is 218 Å². The number of hydrogen-bond acceptors (Lipinski definition) is 10. The van der Waals surface area contributed by atoms with Gasteiger partial charge in [0, 0.05) is 12.4 Å². The lowest BCUT2D eigenvalue weighted by Gasteiger charge is -2.26. The van der Waals surface area contributed by atoms with E-state index < -0.39 is 26.8 Å². The summed E-state index contributed by atoms with van der Waals surface area (Å²) in [7, 11) is -1.59. The zero-order chi connectivity index (χ0) is 27.7. The number of aromatic nitrogens is 5. The van der Waals surface area contributed by atoms with Crippen molar-refractivity contribution >= 4 is 16.0 Å². The van der Waals surface area contributed by atoms with Crippen molar-refractivity contribution in [2.24, 2.45) is 0 Å². The van der Waals surface area contributed by atoms with Crippen molar-refractivity contribution in [3.63, 3.8) is 0 Å². The van der Waals surface area contributed by atoms with Gasteiger partial charge in [0.1, 0.15) is 34.3 Å². The van der Waals surface area contributed by atoms with Gasteiger partial charge in [-0.1, -0.05) is 6.07 Å². The van der Waals surface area contributed by atoms with Crippen LogP contribution in [0.3, 0.4) is 0 Å². The van der Waals surface area contributed by atoms with Gasteiger partial charge in [0.25, 0.3) is 0 Å². The zero-order valence-electron chi connectivity index (χ0n) is 21.1. The maximum atomic E-state index is 15.9. The summed E-state index contributed by atoms with van der Waals surface area (Å²) in [6, 6.07) is 10.2. The molecule has 4 rings (SSSR count). The Kier molecular flexibility index (Phi) is 7.05. The van der Waals surface area contributed by atoms with Gasteiger partial charge in [-0.15, -0.1) is 10.2 Å². The molecule has 2 atom stereocenters. The number of para-hydroxylation sites is 1. The van der Waals surface area contributed by atoms with Crippen molar-refractivity contribution in [2.75, 3.05) is 18.9 Å². The Bertz CT molecular complexity index is 1590. The van der Waals surface area contributed by atoms with Crippen LogP contribution in [0.25, 0.3) is 17.3 Å². The molecule has 0 radical (unpaired) electrons. The molecule has 198 valence electrons. The van der Waals surface area contributed by atoms with Gasteiger partial charge >= 0.3 is 0 Å². The number of alkyl halides is 1. The first-order valence-corrected chi connectivity index (χ1v) is 12.7. The molecule has 0 spiro atoms. The fourth-order valence-electron chi connectivity index (χ4n) is 3.66. The molecule has 0 aliphatic rings. The molecule has 12 nitrogen and oxygen atoms in total. The third kappa shape index (κ3) is 4.75. The van der Waals surface area contributed by atoms with Crippen LogP contribution in [0.1, 0.15) is 31.0 Å². The van der Waals surface area contributed by atoms with E-state index in [4.69, 9.17) is 19.2 Å². The molecule has 1 aromatic carbocycles. The molecule has 0 unspecified atom stereocenters. The normalized spacial score (nSPS) is 13.8. The van der Waals surface area contributed by atoms with Crippen molar-refractivity contribution in [3.8, 4) is 34.8 Å². The molecule has 0 saturated carbocycles. The maximum absolute atomic E-state index is 15.9. The number of sulfonamides is 1. The Morgan fingerprint density at radius 2 is 1.76 bits per heavy atom. The highest BCUT2D eigenvalue weighted by molar-refractivity contribution is 7.93. The fraction of sp³-hybridized carbons (Fsp3) is 0.292. The molecule has 3 aromatic heterocycles. The smallest absolute Gasteiger partial charge is 0.243 e. The first-order valence-electron chi connectivity index (χ1n) is 11.2. The summed E-state index contributed by atoms with van der Waals surface area (Å²) < 4.78 is 63.2. The van der Waals surface area contributed by atoms with E-state index in [-0.39, 0.29) is 23.0 Å². The lowest BCUT2D eigenvalue weighted by molar-refractivity contribution is 0.175. The highest BCUT2D eigenvalue weighted by Gasteiger charge is 2.45. The van der Waals surface area contributed by atoms with E-state index in [9.17, 15) is 8.42 Å². The number of ether oxygens (including phenoxy) is 2. The molecular formula is C24H24FN7O5S. The second-order valence-electron chi connectivity index (χ2n) is 8.38. The highest BCUT2D eigenvalue weighted by Crippen LogP contribution is 2.39. The SMILES string of the molecule is COc1cccc(OC)c1-n1c(NS(=O)(=O)[C@H](C)[C@](C)(F)c2ncc(C#N)cn2)nnc1-c1ccc(C)o1. The number of nitriles is 1. The molecule has 0 amide bonds. The molecular weight excluding hydrogens is 517 g/mol. The van der Waals surface area contributed by atoms with E-state index >= 15 is 4.39 Å². The number of aryl methyl sites for hydroxylation is 1. The molecule has 0 aliphatic heterocycles. The number of hydrogen-bond donors (Lipinski definition) is 1. The molecule has 0 fully saturated rings. The number of rotatable bonds is 9. The summed E-state index contributed by atoms with van der Waals surface area (Å²) >= 11 is 0. The quantitative estimate of drug-likeness (QED) is 0.332. The van der Waals surface area contributed by atoms with Gasteiger partial charge in [0.05, 0.1) is 19.8 Å². The van der Waals surface area contributed by atoms with Gasteiger partial charge < -0.3 is 13.9 Å². The van der Waals surface area contributed by atoms with Crippen LogP contribution < -0.4 is 14.2 Å². The average molecular weight is 542 g/mol. The van der Waals surface area contributed by atoms with E-state index in [0.29, 0.717) is 23.0 Å². The summed E-state index contributed by atoms with van der Waals surface area (Å²) in [4.78, 5) is 7.68. The zero-order valence-corrected chi connectivity index (χ0v) is 21.9. The molecule has 0 bridgehead atoms. The van der Waals surface area contributed by atoms with E-state index in [1.54, 1.807) is 37.3 Å². The van der Waals surface area contributed by atoms with E-state index in [0.717, 1.165) is 19.3 Å². The van der Waals surface area contributed by atoms with Gasteiger partial charge in [0.15, 0.2) is 17.3 Å². The topological polar surface area (TPSA) is 158 Å². The molecule has 14 heteroatoms. The molecule has 0 saturated heterocycles. The minimum atomic E-state index is -4.47. The molecule has 0 aliphatic carbocycles. The minimum absolute atomic E-state index is 0.109. The van der Waals surface area contributed by atoms with E-state index in [1.165, 1.54) is 25.7 Å². The second-order valence-corrected chi connectivity index (χ2v) is 10.4. The molecule has 3 heterocycles. The summed E-state index contributed by atoms with van der Waals surface area (Å²) in [6.45, 7) is 3.96. The fourth-order valence-corrected chi connectivity index (χ4v) is 4.91. The predicted octanol–water partition coefficient (Wildman–Crippen LogP) is 3.53. The van der Waals surface area contributed by atoms with Gasteiger partial charge in [0.2, 0.25) is 21.8 Å². The largest absolute Gasteiger partial charge is 0.494 e. The van der Waals surface area contributed by atoms with Crippen molar-refractivity contribution in [3.05, 3.63) is 59.9 Å². The van der Waals surface area contributed by atoms with Crippen LogP contribution in [0.4, 0.5) is 10.3 Å². The maximum Gasteiger partial charge on any atom is 0.243 e. The lowest BCUT2D eigenvalue weighted by Crippen LogP contribution is -2.41. The highest BCUT2D eigenvalue weighted by atomic mass is 32.2. The van der Waals surface area contributed by atoms with Crippen molar-refractivity contribution in [1.82, 2.24) is 24.7 Å². The third-order valence-electron chi connectivity index (χ3n) is 5.93. The summed E-state index contributed by atoms with van der Waals surface area (Å²) in [5.41, 5.74) is -2.14. The number of halogens is 1.